The Balaban J connectivity index is 1.46. The highest BCUT2D eigenvalue weighted by atomic mass is 16.5. The van der Waals surface area contributed by atoms with E-state index in [4.69, 9.17) is 4.74 Å². The van der Waals surface area contributed by atoms with Crippen LogP contribution in [-0.2, 0) is 4.74 Å². The summed E-state index contributed by atoms with van der Waals surface area (Å²) in [6.45, 7) is 4.24. The summed E-state index contributed by atoms with van der Waals surface area (Å²) in [6, 6.07) is 0.708. The Kier molecular flexibility index (Phi) is 4.45. The van der Waals surface area contributed by atoms with Gasteiger partial charge in [-0.2, -0.15) is 0 Å². The highest BCUT2D eigenvalue weighted by Crippen LogP contribution is 2.32. The van der Waals surface area contributed by atoms with E-state index in [1.165, 1.54) is 44.9 Å². The van der Waals surface area contributed by atoms with Crippen molar-refractivity contribution in [2.24, 2.45) is 5.92 Å². The molecule has 0 amide bonds. The van der Waals surface area contributed by atoms with E-state index in [2.05, 4.69) is 12.2 Å². The molecule has 0 aromatic rings. The van der Waals surface area contributed by atoms with Gasteiger partial charge in [0.15, 0.2) is 0 Å². The molecule has 0 saturated heterocycles. The third-order valence-electron chi connectivity index (χ3n) is 3.80. The van der Waals surface area contributed by atoms with Crippen LogP contribution in [0.1, 0.15) is 51.9 Å². The molecule has 2 aliphatic rings. The number of hydrogen-bond acceptors (Lipinski definition) is 2. The largest absolute Gasteiger partial charge is 0.377 e. The summed E-state index contributed by atoms with van der Waals surface area (Å²) in [5.74, 6) is 0.958. The van der Waals surface area contributed by atoms with Crippen molar-refractivity contribution < 1.29 is 4.74 Å². The van der Waals surface area contributed by atoms with Gasteiger partial charge in [0.05, 0.1) is 12.7 Å². The van der Waals surface area contributed by atoms with Crippen molar-refractivity contribution in [2.45, 2.75) is 64.0 Å². The fourth-order valence-electron chi connectivity index (χ4n) is 2.51. The van der Waals surface area contributed by atoms with Crippen LogP contribution in [-0.4, -0.2) is 25.3 Å². The van der Waals surface area contributed by atoms with E-state index in [0.29, 0.717) is 12.1 Å². The van der Waals surface area contributed by atoms with Crippen molar-refractivity contribution in [1.82, 2.24) is 5.32 Å². The third kappa shape index (κ3) is 4.12. The number of ether oxygens (including phenoxy) is 1. The molecule has 1 unspecified atom stereocenters. The van der Waals surface area contributed by atoms with Crippen molar-refractivity contribution in [3.63, 3.8) is 0 Å². The van der Waals surface area contributed by atoms with Gasteiger partial charge >= 0.3 is 0 Å². The Hall–Kier alpha value is -0.0800. The zero-order valence-corrected chi connectivity index (χ0v) is 10.0. The van der Waals surface area contributed by atoms with Crippen molar-refractivity contribution in [3.8, 4) is 0 Å². The lowest BCUT2D eigenvalue weighted by Gasteiger charge is -2.22. The Bertz CT molecular complexity index is 173. The lowest BCUT2D eigenvalue weighted by atomic mass is 9.98. The van der Waals surface area contributed by atoms with Gasteiger partial charge in [0.1, 0.15) is 0 Å². The second-order valence-corrected chi connectivity index (χ2v) is 5.21. The third-order valence-corrected chi connectivity index (χ3v) is 3.80. The molecule has 1 N–H and O–H groups in total. The first kappa shape index (κ1) is 11.4. The van der Waals surface area contributed by atoms with E-state index in [9.17, 15) is 0 Å². The van der Waals surface area contributed by atoms with Crippen LogP contribution in [0.5, 0.6) is 0 Å². The first-order valence-electron chi connectivity index (χ1n) is 6.71. The van der Waals surface area contributed by atoms with Crippen LogP contribution >= 0.6 is 0 Å². The molecule has 0 radical (unpaired) electrons. The van der Waals surface area contributed by atoms with E-state index in [0.717, 1.165) is 19.1 Å². The molecule has 0 aromatic heterocycles. The van der Waals surface area contributed by atoms with Gasteiger partial charge in [-0.1, -0.05) is 19.3 Å². The molecule has 2 rings (SSSR count). The van der Waals surface area contributed by atoms with Gasteiger partial charge < -0.3 is 10.1 Å². The molecule has 2 saturated carbocycles. The van der Waals surface area contributed by atoms with Gasteiger partial charge in [-0.25, -0.2) is 0 Å². The number of rotatable bonds is 6. The molecule has 2 nitrogen and oxygen atoms in total. The molecule has 0 aromatic carbocycles. The van der Waals surface area contributed by atoms with Crippen molar-refractivity contribution >= 4 is 0 Å². The van der Waals surface area contributed by atoms with Gasteiger partial charge in [-0.15, -0.1) is 0 Å². The summed E-state index contributed by atoms with van der Waals surface area (Å²) in [6.07, 6.45) is 10.2. The second-order valence-electron chi connectivity index (χ2n) is 5.21. The fraction of sp³-hybridized carbons (Fsp3) is 1.00. The van der Waals surface area contributed by atoms with Crippen molar-refractivity contribution in [1.29, 1.82) is 0 Å². The quantitative estimate of drug-likeness (QED) is 0.682. The predicted octanol–water partition coefficient (Wildman–Crippen LogP) is 2.72. The van der Waals surface area contributed by atoms with E-state index in [-0.39, 0.29) is 0 Å². The zero-order chi connectivity index (χ0) is 10.5. The lowest BCUT2D eigenvalue weighted by molar-refractivity contribution is 0.0293. The molecular formula is C13H25NO. The highest BCUT2D eigenvalue weighted by molar-refractivity contribution is 4.82. The normalized spacial score (nSPS) is 25.4. The minimum absolute atomic E-state index is 0.566. The first-order chi connectivity index (χ1) is 7.36. The Labute approximate surface area is 93.8 Å². The fourth-order valence-corrected chi connectivity index (χ4v) is 2.51. The molecule has 0 bridgehead atoms. The molecule has 0 spiro atoms. The Morgan fingerprint density at radius 2 is 1.87 bits per heavy atom. The zero-order valence-electron chi connectivity index (χ0n) is 10.0. The number of hydrogen-bond donors (Lipinski definition) is 1. The summed E-state index contributed by atoms with van der Waals surface area (Å²) in [5.41, 5.74) is 0. The minimum atomic E-state index is 0.566. The molecule has 15 heavy (non-hydrogen) atoms. The van der Waals surface area contributed by atoms with Crippen LogP contribution < -0.4 is 5.32 Å². The summed E-state index contributed by atoms with van der Waals surface area (Å²) in [5, 5.41) is 3.56. The Morgan fingerprint density at radius 1 is 1.13 bits per heavy atom. The first-order valence-corrected chi connectivity index (χ1v) is 6.71. The van der Waals surface area contributed by atoms with Gasteiger partial charge in [-0.3, -0.25) is 0 Å². The van der Waals surface area contributed by atoms with Crippen LogP contribution in [0, 0.1) is 5.92 Å². The smallest absolute Gasteiger partial charge is 0.0594 e. The van der Waals surface area contributed by atoms with Gasteiger partial charge in [-0.05, 0) is 38.5 Å². The predicted molar refractivity (Wildman–Crippen MR) is 63.0 cm³/mol. The molecule has 1 atom stereocenters. The molecule has 2 fully saturated rings. The van der Waals surface area contributed by atoms with Crippen LogP contribution in [0.2, 0.25) is 0 Å². The van der Waals surface area contributed by atoms with E-state index < -0.39 is 0 Å². The minimum Gasteiger partial charge on any atom is -0.377 e. The summed E-state index contributed by atoms with van der Waals surface area (Å²) in [7, 11) is 0. The molecule has 0 aliphatic heterocycles. The van der Waals surface area contributed by atoms with Gasteiger partial charge in [0.2, 0.25) is 0 Å². The second kappa shape index (κ2) is 5.86. The average molecular weight is 211 g/mol. The maximum Gasteiger partial charge on any atom is 0.0594 e. The molecule has 88 valence electrons. The number of nitrogens with one attached hydrogen (secondary N) is 1. The van der Waals surface area contributed by atoms with Gasteiger partial charge in [0.25, 0.3) is 0 Å². The summed E-state index contributed by atoms with van der Waals surface area (Å²) < 4.78 is 5.87. The molecular weight excluding hydrogens is 186 g/mol. The Morgan fingerprint density at radius 3 is 2.53 bits per heavy atom. The topological polar surface area (TPSA) is 21.3 Å². The monoisotopic (exact) mass is 211 g/mol. The van der Waals surface area contributed by atoms with Crippen LogP contribution in [0.3, 0.4) is 0 Å². The standard InChI is InChI=1S/C13H25NO/c1-11(12-7-8-12)14-9-10-15-13-5-3-2-4-6-13/h11-14H,2-10H2,1H3. The van der Waals surface area contributed by atoms with Crippen LogP contribution in [0.15, 0.2) is 0 Å². The maximum atomic E-state index is 5.87. The maximum absolute atomic E-state index is 5.87. The summed E-state index contributed by atoms with van der Waals surface area (Å²) >= 11 is 0. The molecule has 2 aliphatic carbocycles. The lowest BCUT2D eigenvalue weighted by Crippen LogP contribution is -2.32. The molecule has 0 heterocycles. The average Bonchev–Trinajstić information content (AvgIpc) is 3.09. The summed E-state index contributed by atoms with van der Waals surface area (Å²) in [4.78, 5) is 0. The van der Waals surface area contributed by atoms with Crippen molar-refractivity contribution in [2.75, 3.05) is 13.2 Å². The molecule has 2 heteroatoms. The SMILES string of the molecule is CC(NCCOC1CCCCC1)C1CC1. The van der Waals surface area contributed by atoms with Crippen molar-refractivity contribution in [3.05, 3.63) is 0 Å². The van der Waals surface area contributed by atoms with E-state index in [1.54, 1.807) is 0 Å². The van der Waals surface area contributed by atoms with Crippen LogP contribution in [0.4, 0.5) is 0 Å². The highest BCUT2D eigenvalue weighted by Gasteiger charge is 2.27. The van der Waals surface area contributed by atoms with Crippen LogP contribution in [0.25, 0.3) is 0 Å². The van der Waals surface area contributed by atoms with E-state index >= 15 is 0 Å². The van der Waals surface area contributed by atoms with Gasteiger partial charge in [0, 0.05) is 12.6 Å². The van der Waals surface area contributed by atoms with E-state index in [1.807, 2.05) is 0 Å².